The second-order valence-corrected chi connectivity index (χ2v) is 7.58. The quantitative estimate of drug-likeness (QED) is 0.633. The zero-order chi connectivity index (χ0) is 22.6. The fourth-order valence-corrected chi connectivity index (χ4v) is 3.64. The van der Waals surface area contributed by atoms with Gasteiger partial charge < -0.3 is 15.5 Å². The zero-order valence-corrected chi connectivity index (χ0v) is 16.9. The Morgan fingerprint density at radius 2 is 1.61 bits per heavy atom. The summed E-state index contributed by atoms with van der Waals surface area (Å²) in [4.78, 5) is 26.5. The molecule has 166 valence electrons. The first-order valence-corrected chi connectivity index (χ1v) is 9.93. The number of nitrogens with zero attached hydrogens (tertiary/aromatic N) is 1. The lowest BCUT2D eigenvalue weighted by Gasteiger charge is -2.34. The second-order valence-electron chi connectivity index (χ2n) is 7.58. The van der Waals surface area contributed by atoms with Crippen LogP contribution in [0, 0.1) is 17.7 Å². The van der Waals surface area contributed by atoms with E-state index >= 15 is 0 Å². The van der Waals surface area contributed by atoms with E-state index in [9.17, 15) is 27.2 Å². The summed E-state index contributed by atoms with van der Waals surface area (Å²) in [6.07, 6.45) is -3.46. The van der Waals surface area contributed by atoms with Gasteiger partial charge in [0.05, 0.1) is 11.3 Å². The average molecular weight is 437 g/mol. The highest BCUT2D eigenvalue weighted by Gasteiger charge is 2.35. The van der Waals surface area contributed by atoms with Gasteiger partial charge in [0.15, 0.2) is 0 Å². The smallest absolute Gasteiger partial charge is 0.325 e. The SMILES string of the molecule is C[C@@H](C(=O)Nc1ccccc1C(F)(F)F)C1CCN(C(=O)Nc2ccc(F)cc2)CC1. The van der Waals surface area contributed by atoms with E-state index in [0.717, 1.165) is 6.07 Å². The molecule has 31 heavy (non-hydrogen) atoms. The Kier molecular flexibility index (Phi) is 6.82. The van der Waals surface area contributed by atoms with Crippen LogP contribution in [0.3, 0.4) is 0 Å². The normalized spacial score (nSPS) is 16.0. The maximum atomic E-state index is 13.1. The van der Waals surface area contributed by atoms with Crippen LogP contribution in [0.25, 0.3) is 0 Å². The molecule has 1 saturated heterocycles. The molecule has 3 rings (SSSR count). The molecule has 9 heteroatoms. The van der Waals surface area contributed by atoms with Crippen LogP contribution < -0.4 is 10.6 Å². The molecule has 0 aliphatic carbocycles. The van der Waals surface area contributed by atoms with Crippen LogP contribution in [0.4, 0.5) is 33.7 Å². The number of carbonyl (C=O) groups is 2. The fraction of sp³-hybridized carbons (Fsp3) is 0.364. The summed E-state index contributed by atoms with van der Waals surface area (Å²) in [5.41, 5.74) is -0.671. The van der Waals surface area contributed by atoms with Gasteiger partial charge in [-0.05, 0) is 55.2 Å². The van der Waals surface area contributed by atoms with E-state index in [-0.39, 0.29) is 17.6 Å². The number of benzene rings is 2. The lowest BCUT2D eigenvalue weighted by Crippen LogP contribution is -2.43. The Hall–Kier alpha value is -3.10. The molecule has 0 spiro atoms. The number of amides is 3. The highest BCUT2D eigenvalue weighted by atomic mass is 19.4. The van der Waals surface area contributed by atoms with Crippen LogP contribution in [0.5, 0.6) is 0 Å². The van der Waals surface area contributed by atoms with E-state index < -0.39 is 29.4 Å². The van der Waals surface area contributed by atoms with Gasteiger partial charge in [-0.3, -0.25) is 4.79 Å². The van der Waals surface area contributed by atoms with Gasteiger partial charge in [0, 0.05) is 24.7 Å². The molecule has 1 aliphatic rings. The van der Waals surface area contributed by atoms with Crippen molar-refractivity contribution in [2.75, 3.05) is 23.7 Å². The number of piperidine rings is 1. The van der Waals surface area contributed by atoms with Crippen molar-refractivity contribution < 1.29 is 27.2 Å². The summed E-state index contributed by atoms with van der Waals surface area (Å²) in [7, 11) is 0. The van der Waals surface area contributed by atoms with Crippen LogP contribution >= 0.6 is 0 Å². The van der Waals surface area contributed by atoms with Crippen molar-refractivity contribution in [1.29, 1.82) is 0 Å². The molecule has 2 N–H and O–H groups in total. The standard InChI is InChI=1S/C22H23F4N3O2/c1-14(20(30)28-19-5-3-2-4-18(19)22(24,25)26)15-10-12-29(13-11-15)21(31)27-17-8-6-16(23)7-9-17/h2-9,14-15H,10-13H2,1H3,(H,27,31)(H,28,30)/t14-/m1/s1. The summed E-state index contributed by atoms with van der Waals surface area (Å²) in [6, 6.07) is 9.98. The molecule has 2 aromatic rings. The Balaban J connectivity index is 1.54. The van der Waals surface area contributed by atoms with Crippen molar-refractivity contribution in [2.45, 2.75) is 25.9 Å². The Morgan fingerprint density at radius 3 is 2.23 bits per heavy atom. The van der Waals surface area contributed by atoms with E-state index in [1.54, 1.807) is 11.8 Å². The summed E-state index contributed by atoms with van der Waals surface area (Å²) in [5, 5.41) is 5.10. The topological polar surface area (TPSA) is 61.4 Å². The Morgan fingerprint density at radius 1 is 1.00 bits per heavy atom. The molecule has 0 radical (unpaired) electrons. The van der Waals surface area contributed by atoms with Crippen LogP contribution in [0.1, 0.15) is 25.3 Å². The van der Waals surface area contributed by atoms with E-state index in [4.69, 9.17) is 0 Å². The number of halogens is 4. The van der Waals surface area contributed by atoms with Gasteiger partial charge in [-0.25, -0.2) is 9.18 Å². The molecule has 0 unspecified atom stereocenters. The van der Waals surface area contributed by atoms with Crippen molar-refractivity contribution in [3.8, 4) is 0 Å². The third kappa shape index (κ3) is 5.74. The molecule has 0 bridgehead atoms. The predicted molar refractivity (Wildman–Crippen MR) is 109 cm³/mol. The minimum atomic E-state index is -4.56. The van der Waals surface area contributed by atoms with Crippen LogP contribution in [0.15, 0.2) is 48.5 Å². The Bertz CT molecular complexity index is 923. The largest absolute Gasteiger partial charge is 0.418 e. The first kappa shape index (κ1) is 22.6. The summed E-state index contributed by atoms with van der Waals surface area (Å²) in [5.74, 6) is -1.45. The monoisotopic (exact) mass is 437 g/mol. The second kappa shape index (κ2) is 9.36. The number of anilines is 2. The van der Waals surface area contributed by atoms with Crippen molar-refractivity contribution in [2.24, 2.45) is 11.8 Å². The molecular formula is C22H23F4N3O2. The van der Waals surface area contributed by atoms with Crippen molar-refractivity contribution in [1.82, 2.24) is 4.90 Å². The number of carbonyl (C=O) groups excluding carboxylic acids is 2. The highest BCUT2D eigenvalue weighted by molar-refractivity contribution is 5.93. The minimum absolute atomic E-state index is 0.0621. The maximum absolute atomic E-state index is 13.1. The van der Waals surface area contributed by atoms with E-state index in [0.29, 0.717) is 31.6 Å². The van der Waals surface area contributed by atoms with Gasteiger partial charge in [-0.15, -0.1) is 0 Å². The molecule has 1 heterocycles. The van der Waals surface area contributed by atoms with Gasteiger partial charge in [-0.1, -0.05) is 19.1 Å². The van der Waals surface area contributed by atoms with Crippen molar-refractivity contribution >= 4 is 23.3 Å². The highest BCUT2D eigenvalue weighted by Crippen LogP contribution is 2.35. The number of hydrogen-bond donors (Lipinski definition) is 2. The Labute approximate surface area is 177 Å². The number of alkyl halides is 3. The molecule has 1 aliphatic heterocycles. The van der Waals surface area contributed by atoms with Crippen LogP contribution in [0.2, 0.25) is 0 Å². The fourth-order valence-electron chi connectivity index (χ4n) is 3.64. The first-order chi connectivity index (χ1) is 14.6. The van der Waals surface area contributed by atoms with Crippen molar-refractivity contribution in [3.05, 3.63) is 59.9 Å². The van der Waals surface area contributed by atoms with Crippen molar-refractivity contribution in [3.63, 3.8) is 0 Å². The lowest BCUT2D eigenvalue weighted by molar-refractivity contribution is -0.137. The third-order valence-electron chi connectivity index (χ3n) is 5.53. The number of urea groups is 1. The van der Waals surface area contributed by atoms with Gasteiger partial charge >= 0.3 is 12.2 Å². The average Bonchev–Trinajstić information content (AvgIpc) is 2.74. The predicted octanol–water partition coefficient (Wildman–Crippen LogP) is 5.36. The molecule has 3 amide bonds. The molecule has 0 saturated carbocycles. The van der Waals surface area contributed by atoms with Gasteiger partial charge in [0.1, 0.15) is 5.82 Å². The summed E-state index contributed by atoms with van der Waals surface area (Å²) < 4.78 is 52.4. The molecule has 5 nitrogen and oxygen atoms in total. The van der Waals surface area contributed by atoms with Gasteiger partial charge in [0.2, 0.25) is 5.91 Å². The molecule has 1 fully saturated rings. The van der Waals surface area contributed by atoms with Gasteiger partial charge in [0.25, 0.3) is 0 Å². The minimum Gasteiger partial charge on any atom is -0.325 e. The molecule has 2 aromatic carbocycles. The number of nitrogens with one attached hydrogen (secondary N) is 2. The van der Waals surface area contributed by atoms with Gasteiger partial charge in [-0.2, -0.15) is 13.2 Å². The van der Waals surface area contributed by atoms with E-state index in [1.807, 2.05) is 0 Å². The first-order valence-electron chi connectivity index (χ1n) is 9.93. The lowest BCUT2D eigenvalue weighted by atomic mass is 9.85. The summed E-state index contributed by atoms with van der Waals surface area (Å²) >= 11 is 0. The molecule has 0 aromatic heterocycles. The molecule has 1 atom stereocenters. The van der Waals surface area contributed by atoms with Crippen LogP contribution in [-0.2, 0) is 11.0 Å². The number of rotatable bonds is 4. The number of hydrogen-bond acceptors (Lipinski definition) is 2. The third-order valence-corrected chi connectivity index (χ3v) is 5.53. The zero-order valence-electron chi connectivity index (χ0n) is 16.9. The maximum Gasteiger partial charge on any atom is 0.418 e. The molecular weight excluding hydrogens is 414 g/mol. The number of para-hydroxylation sites is 1. The number of likely N-dealkylation sites (tertiary alicyclic amines) is 1. The van der Waals surface area contributed by atoms with E-state index in [2.05, 4.69) is 10.6 Å². The van der Waals surface area contributed by atoms with E-state index in [1.165, 1.54) is 42.5 Å². The van der Waals surface area contributed by atoms with Crippen LogP contribution in [-0.4, -0.2) is 29.9 Å². The summed E-state index contributed by atoms with van der Waals surface area (Å²) in [6.45, 7) is 2.51.